The molecule has 0 saturated heterocycles. The van der Waals surface area contributed by atoms with Crippen LogP contribution in [0.1, 0.15) is 11.1 Å². The molecule has 0 aliphatic rings. The maximum Gasteiger partial charge on any atom is 0.265 e. The van der Waals surface area contributed by atoms with Crippen LogP contribution >= 0.6 is 0 Å². The first-order valence-corrected chi connectivity index (χ1v) is 6.25. The van der Waals surface area contributed by atoms with E-state index in [-0.39, 0.29) is 21.7 Å². The second kappa shape index (κ2) is 4.59. The van der Waals surface area contributed by atoms with E-state index in [4.69, 9.17) is 5.73 Å². The third-order valence-corrected chi connectivity index (χ3v) is 4.53. The van der Waals surface area contributed by atoms with Crippen LogP contribution < -0.4 is 5.73 Å². The number of halogens is 1. The third-order valence-electron chi connectivity index (χ3n) is 2.56. The Bertz CT molecular complexity index is 543. The van der Waals surface area contributed by atoms with Crippen LogP contribution in [0.15, 0.2) is 11.0 Å². The molecule has 0 bridgehead atoms. The molecule has 96 valence electrons. The lowest BCUT2D eigenvalue weighted by Crippen LogP contribution is -2.27. The number of anilines is 1. The second-order valence-corrected chi connectivity index (χ2v) is 5.51. The molecule has 17 heavy (non-hydrogen) atoms. The van der Waals surface area contributed by atoms with Crippen molar-refractivity contribution < 1.29 is 17.6 Å². The average molecular weight is 262 g/mol. The topological polar surface area (TPSA) is 72.6 Å². The molecule has 1 aromatic rings. The second-order valence-electron chi connectivity index (χ2n) is 3.64. The van der Waals surface area contributed by atoms with E-state index in [0.29, 0.717) is 4.47 Å². The van der Waals surface area contributed by atoms with Crippen molar-refractivity contribution in [3.05, 3.63) is 23.0 Å². The average Bonchev–Trinajstić information content (AvgIpc) is 2.24. The van der Waals surface area contributed by atoms with Gasteiger partial charge in [-0.2, -0.15) is 0 Å². The van der Waals surface area contributed by atoms with Crippen LogP contribution in [0.5, 0.6) is 0 Å². The summed E-state index contributed by atoms with van der Waals surface area (Å²) >= 11 is 0. The zero-order chi connectivity index (χ0) is 13.4. The summed E-state index contributed by atoms with van der Waals surface area (Å²) in [5, 5.41) is 0. The lowest BCUT2D eigenvalue weighted by molar-refractivity contribution is -0.0259. The van der Waals surface area contributed by atoms with Crippen molar-refractivity contribution in [1.29, 1.82) is 0 Å². The number of hydrogen-bond donors (Lipinski definition) is 1. The molecule has 0 aromatic heterocycles. The number of nitrogens with zero attached hydrogens (tertiary/aromatic N) is 1. The smallest absolute Gasteiger partial charge is 0.265 e. The Kier molecular flexibility index (Phi) is 3.75. The van der Waals surface area contributed by atoms with Crippen molar-refractivity contribution in [2.24, 2.45) is 0 Å². The highest BCUT2D eigenvalue weighted by Crippen LogP contribution is 2.29. The Morgan fingerprint density at radius 3 is 2.41 bits per heavy atom. The van der Waals surface area contributed by atoms with Crippen LogP contribution in [0, 0.1) is 19.7 Å². The molecule has 0 aliphatic carbocycles. The van der Waals surface area contributed by atoms with Crippen molar-refractivity contribution in [2.75, 3.05) is 19.9 Å². The Hall–Kier alpha value is -1.18. The quantitative estimate of drug-likeness (QED) is 0.656. The highest BCUT2D eigenvalue weighted by molar-refractivity contribution is 7.89. The predicted octanol–water partition coefficient (Wildman–Crippen LogP) is 1.21. The number of rotatable bonds is 3. The maximum atomic E-state index is 13.3. The standard InChI is InChI=1S/C10H15FN2O3S/c1-6-5-8(11)9(12)7(2)10(6)17(14,15)13(3)16-4/h5H,12H2,1-4H3. The summed E-state index contributed by atoms with van der Waals surface area (Å²) < 4.78 is 38.2. The van der Waals surface area contributed by atoms with Crippen molar-refractivity contribution in [2.45, 2.75) is 18.7 Å². The fourth-order valence-electron chi connectivity index (χ4n) is 1.55. The van der Waals surface area contributed by atoms with E-state index in [1.54, 1.807) is 0 Å². The molecular weight excluding hydrogens is 247 g/mol. The van der Waals surface area contributed by atoms with Crippen LogP contribution in [0.2, 0.25) is 0 Å². The van der Waals surface area contributed by atoms with E-state index < -0.39 is 15.8 Å². The van der Waals surface area contributed by atoms with Crippen molar-refractivity contribution >= 4 is 15.7 Å². The molecule has 1 aromatic carbocycles. The first-order chi connectivity index (χ1) is 7.73. The van der Waals surface area contributed by atoms with Crippen LogP contribution in [-0.4, -0.2) is 27.0 Å². The first-order valence-electron chi connectivity index (χ1n) is 4.81. The van der Waals surface area contributed by atoms with E-state index in [1.165, 1.54) is 28.0 Å². The van der Waals surface area contributed by atoms with Gasteiger partial charge in [0, 0.05) is 7.05 Å². The Labute approximate surface area is 100.0 Å². The summed E-state index contributed by atoms with van der Waals surface area (Å²) in [5.74, 6) is -0.626. The molecule has 0 saturated carbocycles. The third kappa shape index (κ3) is 2.26. The lowest BCUT2D eigenvalue weighted by atomic mass is 10.1. The molecule has 0 fully saturated rings. The zero-order valence-electron chi connectivity index (χ0n) is 10.1. The SMILES string of the molecule is CON(C)S(=O)(=O)c1c(C)cc(F)c(N)c1C. The summed E-state index contributed by atoms with van der Waals surface area (Å²) in [7, 11) is -1.34. The van der Waals surface area contributed by atoms with Gasteiger partial charge in [0.2, 0.25) is 0 Å². The van der Waals surface area contributed by atoms with Gasteiger partial charge >= 0.3 is 0 Å². The van der Waals surface area contributed by atoms with Crippen molar-refractivity contribution in [1.82, 2.24) is 4.47 Å². The number of benzene rings is 1. The van der Waals surface area contributed by atoms with Crippen LogP contribution in [-0.2, 0) is 14.9 Å². The van der Waals surface area contributed by atoms with Crippen molar-refractivity contribution in [3.8, 4) is 0 Å². The molecule has 0 aliphatic heterocycles. The van der Waals surface area contributed by atoms with Crippen LogP contribution in [0.4, 0.5) is 10.1 Å². The van der Waals surface area contributed by atoms with Gasteiger partial charge in [0.05, 0.1) is 17.7 Å². The summed E-state index contributed by atoms with van der Waals surface area (Å²) in [4.78, 5) is 4.63. The number of hydrogen-bond acceptors (Lipinski definition) is 4. The van der Waals surface area contributed by atoms with E-state index in [0.717, 1.165) is 6.07 Å². The van der Waals surface area contributed by atoms with Crippen LogP contribution in [0.3, 0.4) is 0 Å². The fourth-order valence-corrected chi connectivity index (χ4v) is 2.97. The Balaban J connectivity index is 3.59. The minimum absolute atomic E-state index is 0.0271. The zero-order valence-corrected chi connectivity index (χ0v) is 10.9. The largest absolute Gasteiger partial charge is 0.396 e. The minimum atomic E-state index is -3.83. The summed E-state index contributed by atoms with van der Waals surface area (Å²) in [6.45, 7) is 2.97. The molecule has 1 rings (SSSR count). The van der Waals surface area contributed by atoms with Gasteiger partial charge in [0.1, 0.15) is 5.82 Å². The number of aryl methyl sites for hydroxylation is 1. The van der Waals surface area contributed by atoms with Gasteiger partial charge in [-0.25, -0.2) is 12.8 Å². The van der Waals surface area contributed by atoms with Crippen molar-refractivity contribution in [3.63, 3.8) is 0 Å². The van der Waals surface area contributed by atoms with E-state index >= 15 is 0 Å². The molecule has 2 N–H and O–H groups in total. The normalized spacial score (nSPS) is 12.1. The molecule has 0 radical (unpaired) electrons. The number of nitrogen functional groups attached to an aromatic ring is 1. The predicted molar refractivity (Wildman–Crippen MR) is 62.2 cm³/mol. The molecule has 7 heteroatoms. The van der Waals surface area contributed by atoms with Gasteiger partial charge in [0.25, 0.3) is 10.0 Å². The number of hydroxylamine groups is 1. The summed E-state index contributed by atoms with van der Waals surface area (Å²) in [5.41, 5.74) is 5.80. The molecule has 5 nitrogen and oxygen atoms in total. The number of nitrogens with two attached hydrogens (primary N) is 1. The molecule has 0 heterocycles. The van der Waals surface area contributed by atoms with Gasteiger partial charge in [-0.15, -0.1) is 0 Å². The van der Waals surface area contributed by atoms with Crippen LogP contribution in [0.25, 0.3) is 0 Å². The molecule has 0 spiro atoms. The highest BCUT2D eigenvalue weighted by Gasteiger charge is 2.27. The maximum absolute atomic E-state index is 13.3. The Morgan fingerprint density at radius 2 is 1.94 bits per heavy atom. The molecule has 0 unspecified atom stereocenters. The van der Waals surface area contributed by atoms with Gasteiger partial charge < -0.3 is 5.73 Å². The molecule has 0 atom stereocenters. The van der Waals surface area contributed by atoms with Gasteiger partial charge in [-0.1, -0.05) is 4.47 Å². The number of sulfonamides is 1. The van der Waals surface area contributed by atoms with E-state index in [1.807, 2.05) is 0 Å². The lowest BCUT2D eigenvalue weighted by Gasteiger charge is -2.18. The van der Waals surface area contributed by atoms with E-state index in [9.17, 15) is 12.8 Å². The van der Waals surface area contributed by atoms with E-state index in [2.05, 4.69) is 4.84 Å². The minimum Gasteiger partial charge on any atom is -0.396 e. The summed E-state index contributed by atoms with van der Waals surface area (Å²) in [6, 6.07) is 1.10. The molecular formula is C10H15FN2O3S. The van der Waals surface area contributed by atoms with Gasteiger partial charge in [0.15, 0.2) is 0 Å². The fraction of sp³-hybridized carbons (Fsp3) is 0.400. The summed E-state index contributed by atoms with van der Waals surface area (Å²) in [6.07, 6.45) is 0. The monoisotopic (exact) mass is 262 g/mol. The highest BCUT2D eigenvalue weighted by atomic mass is 32.2. The molecule has 0 amide bonds. The Morgan fingerprint density at radius 1 is 1.41 bits per heavy atom. The van der Waals surface area contributed by atoms with Gasteiger partial charge in [-0.3, -0.25) is 4.84 Å². The van der Waals surface area contributed by atoms with Gasteiger partial charge in [-0.05, 0) is 31.0 Å². The first kappa shape index (κ1) is 13.9.